The summed E-state index contributed by atoms with van der Waals surface area (Å²) in [6.45, 7) is 0. The molecule has 17 heavy (non-hydrogen) atoms. The van der Waals surface area contributed by atoms with Crippen LogP contribution in [-0.4, -0.2) is 6.04 Å². The van der Waals surface area contributed by atoms with Gasteiger partial charge in [0, 0.05) is 6.04 Å². The molecule has 6 atom stereocenters. The lowest BCUT2D eigenvalue weighted by molar-refractivity contribution is 0.230. The molecule has 0 aromatic heterocycles. The minimum Gasteiger partial charge on any atom is -0.271 e. The molecule has 4 rings (SSSR count). The van der Waals surface area contributed by atoms with Gasteiger partial charge in [0.05, 0.1) is 0 Å². The quantitative estimate of drug-likeness (QED) is 0.580. The number of hydrogen-bond acceptors (Lipinski definition) is 2. The van der Waals surface area contributed by atoms with Gasteiger partial charge < -0.3 is 0 Å². The smallest absolute Gasteiger partial charge is 0.0241 e. The van der Waals surface area contributed by atoms with Crippen molar-refractivity contribution in [3.8, 4) is 0 Å². The highest BCUT2D eigenvalue weighted by Gasteiger charge is 2.49. The Morgan fingerprint density at radius 3 is 2.35 bits per heavy atom. The maximum atomic E-state index is 5.84. The summed E-state index contributed by atoms with van der Waals surface area (Å²) in [5, 5.41) is 0. The van der Waals surface area contributed by atoms with E-state index in [1.807, 2.05) is 0 Å². The maximum absolute atomic E-state index is 5.84. The van der Waals surface area contributed by atoms with Gasteiger partial charge in [0.15, 0.2) is 0 Å². The van der Waals surface area contributed by atoms with Crippen LogP contribution in [0.4, 0.5) is 0 Å². The van der Waals surface area contributed by atoms with Crippen LogP contribution in [0.1, 0.15) is 51.4 Å². The zero-order valence-corrected chi connectivity index (χ0v) is 10.8. The van der Waals surface area contributed by atoms with Gasteiger partial charge in [-0.05, 0) is 80.5 Å². The Balaban J connectivity index is 1.36. The predicted octanol–water partition coefficient (Wildman–Crippen LogP) is 2.69. The van der Waals surface area contributed by atoms with Crippen LogP contribution < -0.4 is 11.3 Å². The summed E-state index contributed by atoms with van der Waals surface area (Å²) < 4.78 is 0. The van der Waals surface area contributed by atoms with Crippen molar-refractivity contribution in [2.24, 2.45) is 41.4 Å². The van der Waals surface area contributed by atoms with Crippen LogP contribution in [-0.2, 0) is 0 Å². The average molecular weight is 234 g/mol. The zero-order valence-electron chi connectivity index (χ0n) is 10.8. The molecule has 4 fully saturated rings. The van der Waals surface area contributed by atoms with Gasteiger partial charge in [0.2, 0.25) is 0 Å². The van der Waals surface area contributed by atoms with Crippen LogP contribution in [0.3, 0.4) is 0 Å². The molecule has 0 spiro atoms. The number of hydrazine groups is 1. The lowest BCUT2D eigenvalue weighted by atomic mass is 9.80. The van der Waals surface area contributed by atoms with Crippen molar-refractivity contribution in [2.45, 2.75) is 57.4 Å². The Morgan fingerprint density at radius 2 is 1.76 bits per heavy atom. The summed E-state index contributed by atoms with van der Waals surface area (Å²) in [7, 11) is 0. The summed E-state index contributed by atoms with van der Waals surface area (Å²) in [5.74, 6) is 12.1. The third-order valence-electron chi connectivity index (χ3n) is 6.50. The third kappa shape index (κ3) is 1.84. The number of hydrogen-bond donors (Lipinski definition) is 2. The molecule has 0 amide bonds. The fourth-order valence-electron chi connectivity index (χ4n) is 5.48. The highest BCUT2D eigenvalue weighted by Crippen LogP contribution is 2.56. The van der Waals surface area contributed by atoms with Crippen molar-refractivity contribution < 1.29 is 0 Å². The summed E-state index contributed by atoms with van der Waals surface area (Å²) in [4.78, 5) is 0. The van der Waals surface area contributed by atoms with Crippen LogP contribution in [0, 0.1) is 35.5 Å². The molecule has 0 aromatic carbocycles. The average Bonchev–Trinajstić information content (AvgIpc) is 2.79. The standard InChI is InChI=1S/C15H26N2/c16-17-15(14-6-12-5-13(12)7-14)8-11-4-9-1-2-10(11)3-9/h9-15,17H,1-8,16H2. The van der Waals surface area contributed by atoms with E-state index in [9.17, 15) is 0 Å². The number of nitrogens with one attached hydrogen (secondary N) is 1. The van der Waals surface area contributed by atoms with Gasteiger partial charge in [-0.15, -0.1) is 0 Å². The Morgan fingerprint density at radius 1 is 0.941 bits per heavy atom. The Hall–Kier alpha value is -0.0800. The highest BCUT2D eigenvalue weighted by molar-refractivity contribution is 5.00. The van der Waals surface area contributed by atoms with Crippen molar-refractivity contribution >= 4 is 0 Å². The van der Waals surface area contributed by atoms with Gasteiger partial charge in [-0.2, -0.15) is 0 Å². The number of nitrogens with two attached hydrogens (primary N) is 1. The second kappa shape index (κ2) is 3.96. The first-order valence-corrected chi connectivity index (χ1v) is 7.79. The molecule has 0 radical (unpaired) electrons. The normalized spacial score (nSPS) is 52.8. The molecule has 96 valence electrons. The molecule has 2 heteroatoms. The van der Waals surface area contributed by atoms with E-state index >= 15 is 0 Å². The molecule has 0 aliphatic heterocycles. The van der Waals surface area contributed by atoms with Crippen LogP contribution in [0.15, 0.2) is 0 Å². The second-order valence-corrected chi connectivity index (χ2v) is 7.43. The summed E-state index contributed by atoms with van der Waals surface area (Å²) in [6, 6.07) is 0.632. The van der Waals surface area contributed by atoms with Gasteiger partial charge in [-0.25, -0.2) is 0 Å². The minimum atomic E-state index is 0.632. The van der Waals surface area contributed by atoms with Crippen LogP contribution in [0.2, 0.25) is 0 Å². The van der Waals surface area contributed by atoms with Crippen LogP contribution >= 0.6 is 0 Å². The largest absolute Gasteiger partial charge is 0.271 e. The van der Waals surface area contributed by atoms with Crippen molar-refractivity contribution in [3.05, 3.63) is 0 Å². The maximum Gasteiger partial charge on any atom is 0.0241 e. The van der Waals surface area contributed by atoms with E-state index in [1.165, 1.54) is 51.4 Å². The number of rotatable bonds is 4. The van der Waals surface area contributed by atoms with Gasteiger partial charge in [0.1, 0.15) is 0 Å². The van der Waals surface area contributed by atoms with E-state index in [4.69, 9.17) is 5.84 Å². The molecule has 6 unspecified atom stereocenters. The molecular formula is C15H26N2. The van der Waals surface area contributed by atoms with E-state index < -0.39 is 0 Å². The fraction of sp³-hybridized carbons (Fsp3) is 1.00. The van der Waals surface area contributed by atoms with E-state index in [1.54, 1.807) is 0 Å². The molecular weight excluding hydrogens is 208 g/mol. The molecule has 2 nitrogen and oxygen atoms in total. The lowest BCUT2D eigenvalue weighted by Crippen LogP contribution is -2.42. The first-order chi connectivity index (χ1) is 8.33. The van der Waals surface area contributed by atoms with Crippen LogP contribution in [0.25, 0.3) is 0 Å². The molecule has 0 heterocycles. The van der Waals surface area contributed by atoms with Crippen molar-refractivity contribution in [3.63, 3.8) is 0 Å². The molecule has 2 bridgehead atoms. The zero-order chi connectivity index (χ0) is 11.4. The van der Waals surface area contributed by atoms with Gasteiger partial charge in [-0.3, -0.25) is 11.3 Å². The topological polar surface area (TPSA) is 38.0 Å². The van der Waals surface area contributed by atoms with E-state index in [-0.39, 0.29) is 0 Å². The highest BCUT2D eigenvalue weighted by atomic mass is 15.2. The summed E-state index contributed by atoms with van der Waals surface area (Å²) in [5.41, 5.74) is 3.17. The van der Waals surface area contributed by atoms with Crippen molar-refractivity contribution in [1.82, 2.24) is 5.43 Å². The first-order valence-electron chi connectivity index (χ1n) is 7.79. The van der Waals surface area contributed by atoms with E-state index in [0.717, 1.165) is 35.5 Å². The molecule has 4 saturated carbocycles. The molecule has 4 aliphatic rings. The third-order valence-corrected chi connectivity index (χ3v) is 6.50. The minimum absolute atomic E-state index is 0.632. The summed E-state index contributed by atoms with van der Waals surface area (Å²) >= 11 is 0. The van der Waals surface area contributed by atoms with E-state index in [0.29, 0.717) is 6.04 Å². The molecule has 0 saturated heterocycles. The predicted molar refractivity (Wildman–Crippen MR) is 69.0 cm³/mol. The Kier molecular flexibility index (Phi) is 2.52. The van der Waals surface area contributed by atoms with Crippen molar-refractivity contribution in [2.75, 3.05) is 0 Å². The first kappa shape index (κ1) is 10.8. The fourth-order valence-corrected chi connectivity index (χ4v) is 5.48. The summed E-state index contributed by atoms with van der Waals surface area (Å²) in [6.07, 6.45) is 11.9. The van der Waals surface area contributed by atoms with Gasteiger partial charge in [0.25, 0.3) is 0 Å². The van der Waals surface area contributed by atoms with Gasteiger partial charge >= 0.3 is 0 Å². The van der Waals surface area contributed by atoms with Crippen molar-refractivity contribution in [1.29, 1.82) is 0 Å². The lowest BCUT2D eigenvalue weighted by Gasteiger charge is -2.30. The number of fused-ring (bicyclic) bond motifs is 3. The molecule has 3 N–H and O–H groups in total. The van der Waals surface area contributed by atoms with Gasteiger partial charge in [-0.1, -0.05) is 6.42 Å². The molecule has 0 aromatic rings. The Labute approximate surface area is 105 Å². The second-order valence-electron chi connectivity index (χ2n) is 7.43. The monoisotopic (exact) mass is 234 g/mol. The molecule has 4 aliphatic carbocycles. The van der Waals surface area contributed by atoms with Crippen LogP contribution in [0.5, 0.6) is 0 Å². The van der Waals surface area contributed by atoms with E-state index in [2.05, 4.69) is 5.43 Å². The SMILES string of the molecule is NNC(CC1CC2CCC1C2)C1CC2CC2C1. The Bertz CT molecular complexity index is 293.